The zero-order valence-corrected chi connectivity index (χ0v) is 11.8. The van der Waals surface area contributed by atoms with E-state index in [2.05, 4.69) is 43.3 Å². The second kappa shape index (κ2) is 4.10. The molecule has 0 aromatic heterocycles. The predicted molar refractivity (Wildman–Crippen MR) is 81.9 cm³/mol. The highest BCUT2D eigenvalue weighted by atomic mass is 16.5. The Bertz CT molecular complexity index is 684. The molecule has 1 unspecified atom stereocenters. The van der Waals surface area contributed by atoms with E-state index in [4.69, 9.17) is 10.5 Å². The molecular formula is C18H19NO. The van der Waals surface area contributed by atoms with E-state index >= 15 is 0 Å². The number of fused-ring (bicyclic) bond motifs is 3. The lowest BCUT2D eigenvalue weighted by molar-refractivity contribution is 0.181. The molecule has 0 spiro atoms. The molecule has 1 atom stereocenters. The topological polar surface area (TPSA) is 35.2 Å². The molecule has 2 N–H and O–H groups in total. The fraction of sp³-hybridized carbons (Fsp3) is 0.333. The van der Waals surface area contributed by atoms with Crippen LogP contribution in [0.4, 0.5) is 5.69 Å². The molecule has 2 aliphatic rings. The van der Waals surface area contributed by atoms with Crippen LogP contribution < -0.4 is 5.73 Å². The van der Waals surface area contributed by atoms with E-state index in [-0.39, 0.29) is 5.41 Å². The van der Waals surface area contributed by atoms with Gasteiger partial charge in [-0.1, -0.05) is 43.3 Å². The van der Waals surface area contributed by atoms with E-state index in [0.717, 1.165) is 31.7 Å². The standard InChI is InChI=1S/C18H19NO/c1-18(8-9-20-11-18)16-7-6-14-13-5-3-2-4-12(13)10-15(14)17(16)19/h2-7H,8-11,19H2,1H3. The number of nitrogens with two attached hydrogens (primary N) is 1. The van der Waals surface area contributed by atoms with E-state index < -0.39 is 0 Å². The maximum atomic E-state index is 6.52. The molecule has 1 fully saturated rings. The van der Waals surface area contributed by atoms with Gasteiger partial charge in [0.15, 0.2) is 0 Å². The fourth-order valence-electron chi connectivity index (χ4n) is 3.64. The van der Waals surface area contributed by atoms with Gasteiger partial charge in [-0.05, 0) is 34.2 Å². The van der Waals surface area contributed by atoms with Gasteiger partial charge in [0.1, 0.15) is 0 Å². The number of benzene rings is 2. The number of hydrogen-bond acceptors (Lipinski definition) is 2. The Balaban J connectivity index is 1.87. The molecule has 2 heteroatoms. The molecule has 1 aliphatic heterocycles. The van der Waals surface area contributed by atoms with Gasteiger partial charge < -0.3 is 10.5 Å². The van der Waals surface area contributed by atoms with Crippen molar-refractivity contribution < 1.29 is 4.74 Å². The summed E-state index contributed by atoms with van der Waals surface area (Å²) in [5.74, 6) is 0. The number of nitrogen functional groups attached to an aromatic ring is 1. The molecule has 2 nitrogen and oxygen atoms in total. The van der Waals surface area contributed by atoms with Crippen molar-refractivity contribution in [2.45, 2.75) is 25.2 Å². The van der Waals surface area contributed by atoms with E-state index in [1.54, 1.807) is 0 Å². The van der Waals surface area contributed by atoms with Crippen LogP contribution in [0.25, 0.3) is 11.1 Å². The Morgan fingerprint density at radius 1 is 1.10 bits per heavy atom. The lowest BCUT2D eigenvalue weighted by atomic mass is 9.79. The molecule has 20 heavy (non-hydrogen) atoms. The lowest BCUT2D eigenvalue weighted by Gasteiger charge is -2.25. The molecule has 0 bridgehead atoms. The summed E-state index contributed by atoms with van der Waals surface area (Å²) in [4.78, 5) is 0. The highest BCUT2D eigenvalue weighted by Crippen LogP contribution is 2.44. The summed E-state index contributed by atoms with van der Waals surface area (Å²) >= 11 is 0. The average molecular weight is 265 g/mol. The number of anilines is 1. The van der Waals surface area contributed by atoms with Gasteiger partial charge in [0.05, 0.1) is 6.61 Å². The number of ether oxygens (including phenoxy) is 1. The zero-order chi connectivity index (χ0) is 13.7. The van der Waals surface area contributed by atoms with Crippen LogP contribution in [0.5, 0.6) is 0 Å². The Labute approximate surface area is 119 Å². The minimum Gasteiger partial charge on any atom is -0.398 e. The van der Waals surface area contributed by atoms with Crippen molar-refractivity contribution in [1.82, 2.24) is 0 Å². The molecule has 1 heterocycles. The minimum atomic E-state index is 0.0773. The summed E-state index contributed by atoms with van der Waals surface area (Å²) < 4.78 is 5.60. The van der Waals surface area contributed by atoms with Crippen molar-refractivity contribution in [2.24, 2.45) is 0 Å². The Hall–Kier alpha value is -1.80. The van der Waals surface area contributed by atoms with Gasteiger partial charge in [0.2, 0.25) is 0 Å². The molecule has 102 valence electrons. The number of hydrogen-bond donors (Lipinski definition) is 1. The number of rotatable bonds is 1. The largest absolute Gasteiger partial charge is 0.398 e. The van der Waals surface area contributed by atoms with Gasteiger partial charge in [-0.15, -0.1) is 0 Å². The monoisotopic (exact) mass is 265 g/mol. The molecule has 1 saturated heterocycles. The van der Waals surface area contributed by atoms with Gasteiger partial charge in [0.25, 0.3) is 0 Å². The van der Waals surface area contributed by atoms with Gasteiger partial charge in [0, 0.05) is 24.1 Å². The maximum Gasteiger partial charge on any atom is 0.0561 e. The molecular weight excluding hydrogens is 246 g/mol. The van der Waals surface area contributed by atoms with Crippen LogP contribution in [-0.2, 0) is 16.6 Å². The van der Waals surface area contributed by atoms with Crippen LogP contribution in [0.3, 0.4) is 0 Å². The third kappa shape index (κ3) is 1.55. The molecule has 1 aliphatic carbocycles. The second-order valence-electron chi connectivity index (χ2n) is 6.25. The fourth-order valence-corrected chi connectivity index (χ4v) is 3.64. The summed E-state index contributed by atoms with van der Waals surface area (Å²) in [6.07, 6.45) is 2.02. The third-order valence-electron chi connectivity index (χ3n) is 4.90. The first kappa shape index (κ1) is 12.0. The maximum absolute atomic E-state index is 6.52. The summed E-state index contributed by atoms with van der Waals surface area (Å²) in [7, 11) is 0. The van der Waals surface area contributed by atoms with Crippen molar-refractivity contribution in [2.75, 3.05) is 18.9 Å². The van der Waals surface area contributed by atoms with Gasteiger partial charge >= 0.3 is 0 Å². The predicted octanol–water partition coefficient (Wildman–Crippen LogP) is 3.52. The SMILES string of the molecule is CC1(c2ccc3c(c2N)Cc2ccccc2-3)CCOC1. The van der Waals surface area contributed by atoms with Crippen LogP contribution in [0.15, 0.2) is 36.4 Å². The quantitative estimate of drug-likeness (QED) is 0.683. The van der Waals surface area contributed by atoms with Crippen LogP contribution >= 0.6 is 0 Å². The minimum absolute atomic E-state index is 0.0773. The molecule has 2 aromatic rings. The van der Waals surface area contributed by atoms with Crippen LogP contribution in [0.2, 0.25) is 0 Å². The lowest BCUT2D eigenvalue weighted by Crippen LogP contribution is -2.23. The van der Waals surface area contributed by atoms with Gasteiger partial charge in [-0.3, -0.25) is 0 Å². The van der Waals surface area contributed by atoms with Crippen LogP contribution in [-0.4, -0.2) is 13.2 Å². The second-order valence-corrected chi connectivity index (χ2v) is 6.25. The summed E-state index contributed by atoms with van der Waals surface area (Å²) in [6.45, 7) is 3.89. The van der Waals surface area contributed by atoms with E-state index in [0.29, 0.717) is 0 Å². The van der Waals surface area contributed by atoms with Crippen LogP contribution in [0, 0.1) is 0 Å². The summed E-state index contributed by atoms with van der Waals surface area (Å²) in [5.41, 5.74) is 14.2. The molecule has 0 radical (unpaired) electrons. The van der Waals surface area contributed by atoms with Gasteiger partial charge in [-0.25, -0.2) is 0 Å². The highest BCUT2D eigenvalue weighted by molar-refractivity contribution is 5.83. The first-order chi connectivity index (χ1) is 9.69. The molecule has 4 rings (SSSR count). The van der Waals surface area contributed by atoms with Crippen molar-refractivity contribution in [3.63, 3.8) is 0 Å². The van der Waals surface area contributed by atoms with Crippen molar-refractivity contribution in [3.8, 4) is 11.1 Å². The van der Waals surface area contributed by atoms with E-state index in [9.17, 15) is 0 Å². The Kier molecular flexibility index (Phi) is 2.45. The Morgan fingerprint density at radius 3 is 2.75 bits per heavy atom. The van der Waals surface area contributed by atoms with E-state index in [1.165, 1.54) is 27.8 Å². The normalized spacial score (nSPS) is 23.6. The smallest absolute Gasteiger partial charge is 0.0561 e. The average Bonchev–Trinajstić information content (AvgIpc) is 3.04. The molecule has 2 aromatic carbocycles. The van der Waals surface area contributed by atoms with Crippen LogP contribution in [0.1, 0.15) is 30.0 Å². The van der Waals surface area contributed by atoms with Crippen molar-refractivity contribution in [1.29, 1.82) is 0 Å². The van der Waals surface area contributed by atoms with Crippen molar-refractivity contribution in [3.05, 3.63) is 53.1 Å². The van der Waals surface area contributed by atoms with Crippen molar-refractivity contribution >= 4 is 5.69 Å². The first-order valence-corrected chi connectivity index (χ1v) is 7.27. The zero-order valence-electron chi connectivity index (χ0n) is 11.8. The highest BCUT2D eigenvalue weighted by Gasteiger charge is 2.35. The summed E-state index contributed by atoms with van der Waals surface area (Å²) in [5, 5.41) is 0. The summed E-state index contributed by atoms with van der Waals surface area (Å²) in [6, 6.07) is 13.1. The molecule has 0 saturated carbocycles. The third-order valence-corrected chi connectivity index (χ3v) is 4.90. The van der Waals surface area contributed by atoms with E-state index in [1.807, 2.05) is 0 Å². The first-order valence-electron chi connectivity index (χ1n) is 7.27. The Morgan fingerprint density at radius 2 is 1.95 bits per heavy atom. The molecule has 0 amide bonds. The van der Waals surface area contributed by atoms with Gasteiger partial charge in [-0.2, -0.15) is 0 Å².